The van der Waals surface area contributed by atoms with E-state index in [1.165, 1.54) is 13.3 Å². The van der Waals surface area contributed by atoms with Crippen molar-refractivity contribution in [2.75, 3.05) is 12.4 Å². The van der Waals surface area contributed by atoms with Gasteiger partial charge in [-0.25, -0.2) is 14.6 Å². The molecule has 0 bridgehead atoms. The number of esters is 1. The fourth-order valence-electron chi connectivity index (χ4n) is 2.02. The molecule has 1 saturated carbocycles. The predicted octanol–water partition coefficient (Wildman–Crippen LogP) is 1.53. The Hall–Kier alpha value is -2.11. The van der Waals surface area contributed by atoms with Gasteiger partial charge in [0.25, 0.3) is 0 Å². The van der Waals surface area contributed by atoms with Gasteiger partial charge < -0.3 is 15.2 Å². The summed E-state index contributed by atoms with van der Waals surface area (Å²) >= 11 is 0. The third-order valence-electron chi connectivity index (χ3n) is 3.43. The van der Waals surface area contributed by atoms with Gasteiger partial charge in [0.05, 0.1) is 7.11 Å². The van der Waals surface area contributed by atoms with E-state index in [0.717, 1.165) is 12.8 Å². The number of aliphatic carboxylic acids is 1. The zero-order valence-corrected chi connectivity index (χ0v) is 10.8. The summed E-state index contributed by atoms with van der Waals surface area (Å²) in [4.78, 5) is 27.1. The van der Waals surface area contributed by atoms with Gasteiger partial charge in [0, 0.05) is 6.20 Å². The van der Waals surface area contributed by atoms with E-state index in [4.69, 9.17) is 0 Å². The predicted molar refractivity (Wildman–Crippen MR) is 68.0 cm³/mol. The maximum absolute atomic E-state index is 11.6. The Bertz CT molecular complexity index is 513. The van der Waals surface area contributed by atoms with Crippen LogP contribution >= 0.6 is 0 Å². The monoisotopic (exact) mass is 264 g/mol. The summed E-state index contributed by atoms with van der Waals surface area (Å²) in [5, 5.41) is 12.3. The van der Waals surface area contributed by atoms with Crippen molar-refractivity contribution in [3.8, 4) is 0 Å². The van der Waals surface area contributed by atoms with Crippen molar-refractivity contribution < 1.29 is 19.4 Å². The number of methoxy groups -OCH3 is 1. The van der Waals surface area contributed by atoms with Crippen LogP contribution < -0.4 is 5.32 Å². The van der Waals surface area contributed by atoms with Crippen molar-refractivity contribution in [1.82, 2.24) is 4.98 Å². The number of carboxylic acids is 1. The van der Waals surface area contributed by atoms with Crippen molar-refractivity contribution in [3.63, 3.8) is 0 Å². The molecule has 1 atom stereocenters. The summed E-state index contributed by atoms with van der Waals surface area (Å²) in [6, 6.07) is 3.16. The van der Waals surface area contributed by atoms with Crippen LogP contribution in [0.2, 0.25) is 0 Å². The average molecular weight is 264 g/mol. The second-order valence-corrected chi connectivity index (χ2v) is 4.80. The molecule has 1 aromatic rings. The molecule has 0 aromatic carbocycles. The molecule has 1 heterocycles. The number of aromatic nitrogens is 1. The van der Waals surface area contributed by atoms with Crippen LogP contribution in [0.4, 0.5) is 5.82 Å². The van der Waals surface area contributed by atoms with Gasteiger partial charge in [0.15, 0.2) is 0 Å². The van der Waals surface area contributed by atoms with Gasteiger partial charge in [0.1, 0.15) is 16.9 Å². The lowest BCUT2D eigenvalue weighted by Crippen LogP contribution is -2.46. The lowest BCUT2D eigenvalue weighted by atomic mass is 9.95. The number of carbonyl (C=O) groups excluding carboxylic acids is 1. The highest BCUT2D eigenvalue weighted by Crippen LogP contribution is 2.41. The van der Waals surface area contributed by atoms with E-state index in [1.807, 2.05) is 0 Å². The number of rotatable bonds is 5. The first-order valence-electron chi connectivity index (χ1n) is 6.04. The molecule has 19 heavy (non-hydrogen) atoms. The van der Waals surface area contributed by atoms with Crippen LogP contribution in [0.25, 0.3) is 0 Å². The van der Waals surface area contributed by atoms with Crippen molar-refractivity contribution >= 4 is 17.8 Å². The van der Waals surface area contributed by atoms with E-state index in [0.29, 0.717) is 0 Å². The van der Waals surface area contributed by atoms with Crippen molar-refractivity contribution in [3.05, 3.63) is 23.9 Å². The highest BCUT2D eigenvalue weighted by atomic mass is 16.5. The summed E-state index contributed by atoms with van der Waals surface area (Å²) in [6.45, 7) is 1.61. The van der Waals surface area contributed by atoms with Crippen LogP contribution in [0, 0.1) is 5.92 Å². The molecule has 2 N–H and O–H groups in total. The van der Waals surface area contributed by atoms with Crippen LogP contribution in [0.15, 0.2) is 18.3 Å². The molecule has 2 rings (SSSR count). The second-order valence-electron chi connectivity index (χ2n) is 4.80. The van der Waals surface area contributed by atoms with Crippen molar-refractivity contribution in [1.29, 1.82) is 0 Å². The smallest absolute Gasteiger partial charge is 0.341 e. The fourth-order valence-corrected chi connectivity index (χ4v) is 2.02. The summed E-state index contributed by atoms with van der Waals surface area (Å²) < 4.78 is 4.66. The Labute approximate surface area is 110 Å². The summed E-state index contributed by atoms with van der Waals surface area (Å²) in [5.74, 6) is -1.20. The Kier molecular flexibility index (Phi) is 3.42. The molecular formula is C13H16N2O4. The van der Waals surface area contributed by atoms with E-state index < -0.39 is 17.5 Å². The van der Waals surface area contributed by atoms with Gasteiger partial charge in [-0.15, -0.1) is 0 Å². The van der Waals surface area contributed by atoms with E-state index in [-0.39, 0.29) is 17.3 Å². The third-order valence-corrected chi connectivity index (χ3v) is 3.43. The summed E-state index contributed by atoms with van der Waals surface area (Å²) in [6.07, 6.45) is 3.22. The quantitative estimate of drug-likeness (QED) is 0.784. The first kappa shape index (κ1) is 13.3. The molecule has 0 radical (unpaired) electrons. The van der Waals surface area contributed by atoms with Gasteiger partial charge >= 0.3 is 11.9 Å². The van der Waals surface area contributed by atoms with E-state index in [2.05, 4.69) is 15.0 Å². The molecule has 0 saturated heterocycles. The van der Waals surface area contributed by atoms with Gasteiger partial charge in [-0.3, -0.25) is 0 Å². The Morgan fingerprint density at radius 3 is 2.74 bits per heavy atom. The van der Waals surface area contributed by atoms with Gasteiger partial charge in [-0.05, 0) is 37.8 Å². The zero-order chi connectivity index (χ0) is 14.0. The van der Waals surface area contributed by atoms with Gasteiger partial charge in [-0.1, -0.05) is 0 Å². The van der Waals surface area contributed by atoms with Crippen LogP contribution in [0.5, 0.6) is 0 Å². The fraction of sp³-hybridized carbons (Fsp3) is 0.462. The van der Waals surface area contributed by atoms with Crippen molar-refractivity contribution in [2.24, 2.45) is 5.92 Å². The van der Waals surface area contributed by atoms with Crippen LogP contribution in [0.3, 0.4) is 0 Å². The topological polar surface area (TPSA) is 88.5 Å². The number of hydrogen-bond donors (Lipinski definition) is 2. The Morgan fingerprint density at radius 2 is 2.21 bits per heavy atom. The van der Waals surface area contributed by atoms with Crippen LogP contribution in [-0.4, -0.2) is 34.7 Å². The number of carboxylic acid groups (broad SMARTS) is 1. The summed E-state index contributed by atoms with van der Waals surface area (Å²) in [5.41, 5.74) is -0.880. The van der Waals surface area contributed by atoms with Crippen molar-refractivity contribution in [2.45, 2.75) is 25.3 Å². The molecule has 1 fully saturated rings. The van der Waals surface area contributed by atoms with Crippen LogP contribution in [0.1, 0.15) is 30.1 Å². The second kappa shape index (κ2) is 4.87. The van der Waals surface area contributed by atoms with Gasteiger partial charge in [-0.2, -0.15) is 0 Å². The molecule has 1 unspecified atom stereocenters. The average Bonchev–Trinajstić information content (AvgIpc) is 3.22. The molecule has 6 heteroatoms. The number of nitrogens with zero attached hydrogens (tertiary/aromatic N) is 1. The number of hydrogen-bond acceptors (Lipinski definition) is 5. The molecule has 1 aromatic heterocycles. The molecule has 0 amide bonds. The Balaban J connectivity index is 2.32. The zero-order valence-electron chi connectivity index (χ0n) is 10.8. The highest BCUT2D eigenvalue weighted by Gasteiger charge is 2.48. The van der Waals surface area contributed by atoms with E-state index in [9.17, 15) is 14.7 Å². The third kappa shape index (κ3) is 2.52. The Morgan fingerprint density at radius 1 is 1.53 bits per heavy atom. The molecule has 6 nitrogen and oxygen atoms in total. The van der Waals surface area contributed by atoms with E-state index in [1.54, 1.807) is 19.1 Å². The molecular weight excluding hydrogens is 248 g/mol. The first-order valence-corrected chi connectivity index (χ1v) is 6.04. The number of anilines is 1. The lowest BCUT2D eigenvalue weighted by Gasteiger charge is -2.27. The molecule has 0 spiro atoms. The minimum Gasteiger partial charge on any atom is -0.480 e. The summed E-state index contributed by atoms with van der Waals surface area (Å²) in [7, 11) is 1.27. The SMILES string of the molecule is COC(=O)c1cccnc1NC(C)(C(=O)O)C1CC1. The first-order chi connectivity index (χ1) is 8.99. The molecule has 102 valence electrons. The van der Waals surface area contributed by atoms with Crippen LogP contribution in [-0.2, 0) is 9.53 Å². The largest absolute Gasteiger partial charge is 0.480 e. The van der Waals surface area contributed by atoms with E-state index >= 15 is 0 Å². The standard InChI is InChI=1S/C13H16N2O4/c1-13(12(17)18,8-5-6-8)15-10-9(11(16)19-2)4-3-7-14-10/h3-4,7-8H,5-6H2,1-2H3,(H,14,15)(H,17,18). The molecule has 1 aliphatic rings. The maximum Gasteiger partial charge on any atom is 0.341 e. The minimum absolute atomic E-state index is 0.0532. The molecule has 0 aliphatic heterocycles. The number of nitrogens with one attached hydrogen (secondary N) is 1. The number of pyridine rings is 1. The number of ether oxygens (including phenoxy) is 1. The highest BCUT2D eigenvalue weighted by molar-refractivity contribution is 5.95. The number of carbonyl (C=O) groups is 2. The lowest BCUT2D eigenvalue weighted by molar-refractivity contribution is -0.142. The maximum atomic E-state index is 11.6. The molecule has 1 aliphatic carbocycles. The minimum atomic E-state index is -1.11. The normalized spacial score (nSPS) is 17.4. The van der Waals surface area contributed by atoms with Gasteiger partial charge in [0.2, 0.25) is 0 Å².